The number of nitrogens with one attached hydrogen (secondary N) is 1. The van der Waals surface area contributed by atoms with E-state index in [0.29, 0.717) is 6.42 Å². The second-order valence-corrected chi connectivity index (χ2v) is 9.08. The first-order valence-electron chi connectivity index (χ1n) is 9.46. The van der Waals surface area contributed by atoms with Gasteiger partial charge in [0.1, 0.15) is 12.6 Å². The first-order valence-corrected chi connectivity index (χ1v) is 11.7. The molecule has 1 N–H and O–H groups in total. The molecule has 2 rings (SSSR count). The van der Waals surface area contributed by atoms with Gasteiger partial charge in [-0.05, 0) is 24.1 Å². The Balaban J connectivity index is 2.42. The minimum atomic E-state index is -3.80. The van der Waals surface area contributed by atoms with E-state index in [2.05, 4.69) is 5.32 Å². The molecule has 0 saturated carbocycles. The lowest BCUT2D eigenvalue weighted by Crippen LogP contribution is -2.51. The predicted molar refractivity (Wildman–Crippen MR) is 119 cm³/mol. The van der Waals surface area contributed by atoms with Gasteiger partial charge >= 0.3 is 0 Å². The van der Waals surface area contributed by atoms with Gasteiger partial charge in [0.25, 0.3) is 0 Å². The smallest absolute Gasteiger partial charge is 0.244 e. The van der Waals surface area contributed by atoms with Crippen molar-refractivity contribution in [1.29, 1.82) is 0 Å². The van der Waals surface area contributed by atoms with Crippen LogP contribution in [-0.2, 0) is 26.2 Å². The van der Waals surface area contributed by atoms with Crippen LogP contribution in [-0.4, -0.2) is 51.0 Å². The van der Waals surface area contributed by atoms with E-state index in [1.54, 1.807) is 25.1 Å². The maximum absolute atomic E-state index is 13.3. The van der Waals surface area contributed by atoms with Gasteiger partial charge in [0, 0.05) is 13.6 Å². The highest BCUT2D eigenvalue weighted by atomic mass is 35.5. The van der Waals surface area contributed by atoms with Crippen molar-refractivity contribution >= 4 is 39.1 Å². The van der Waals surface area contributed by atoms with Crippen molar-refractivity contribution in [2.45, 2.75) is 25.9 Å². The van der Waals surface area contributed by atoms with Gasteiger partial charge in [0.05, 0.1) is 17.0 Å². The highest BCUT2D eigenvalue weighted by Gasteiger charge is 2.31. The Kier molecular flexibility index (Phi) is 8.25. The van der Waals surface area contributed by atoms with Gasteiger partial charge in [-0.2, -0.15) is 0 Å². The van der Waals surface area contributed by atoms with Crippen LogP contribution >= 0.6 is 11.6 Å². The highest BCUT2D eigenvalue weighted by Crippen LogP contribution is 2.27. The van der Waals surface area contributed by atoms with Gasteiger partial charge in [-0.3, -0.25) is 13.9 Å². The average Bonchev–Trinajstić information content (AvgIpc) is 2.72. The maximum atomic E-state index is 13.3. The number of likely N-dealkylation sites (N-methyl/N-ethyl adjacent to an activating group) is 1. The second kappa shape index (κ2) is 10.4. The summed E-state index contributed by atoms with van der Waals surface area (Å²) >= 11 is 6.19. The molecule has 0 radical (unpaired) electrons. The molecule has 2 aromatic rings. The summed E-state index contributed by atoms with van der Waals surface area (Å²) in [6.07, 6.45) is 1.39. The fraction of sp³-hybridized carbons (Fsp3) is 0.333. The summed E-state index contributed by atoms with van der Waals surface area (Å²) in [6, 6.07) is 14.9. The van der Waals surface area contributed by atoms with Gasteiger partial charge in [-0.25, -0.2) is 8.42 Å². The predicted octanol–water partition coefficient (Wildman–Crippen LogP) is 2.66. The molecule has 0 unspecified atom stereocenters. The fourth-order valence-corrected chi connectivity index (χ4v) is 4.26. The lowest BCUT2D eigenvalue weighted by atomic mass is 10.1. The number of halogens is 1. The standard InChI is InChI=1S/C21H26ClN3O4S/c1-4-18(21(27)23-2)24(14-16-10-6-5-7-11-16)20(26)15-25(30(3,28)29)19-13-9-8-12-17(19)22/h5-13,18H,4,14-15H2,1-3H3,(H,23,27)/t18-/m0/s1. The molecule has 1 atom stereocenters. The SMILES string of the molecule is CC[C@@H](C(=O)NC)N(Cc1ccccc1)C(=O)CN(c1ccccc1Cl)S(C)(=O)=O. The summed E-state index contributed by atoms with van der Waals surface area (Å²) in [6.45, 7) is 1.50. The molecule has 2 amide bonds. The lowest BCUT2D eigenvalue weighted by molar-refractivity contribution is -0.140. The van der Waals surface area contributed by atoms with Crippen molar-refractivity contribution in [2.75, 3.05) is 24.2 Å². The summed E-state index contributed by atoms with van der Waals surface area (Å²) in [5, 5.41) is 2.79. The number of hydrogen-bond donors (Lipinski definition) is 1. The van der Waals surface area contributed by atoms with Crippen LogP contribution in [0.15, 0.2) is 54.6 Å². The molecular formula is C21H26ClN3O4S. The zero-order valence-corrected chi connectivity index (χ0v) is 18.8. The third-order valence-electron chi connectivity index (χ3n) is 4.63. The molecular weight excluding hydrogens is 426 g/mol. The summed E-state index contributed by atoms with van der Waals surface area (Å²) in [4.78, 5) is 27.1. The minimum Gasteiger partial charge on any atom is -0.357 e. The number of carbonyl (C=O) groups excluding carboxylic acids is 2. The van der Waals surface area contributed by atoms with E-state index in [1.165, 1.54) is 18.0 Å². The number of nitrogens with zero attached hydrogens (tertiary/aromatic N) is 2. The molecule has 0 aliphatic heterocycles. The number of para-hydroxylation sites is 1. The Bertz CT molecular complexity index is 983. The molecule has 0 aliphatic rings. The van der Waals surface area contributed by atoms with Crippen LogP contribution in [0.4, 0.5) is 5.69 Å². The first kappa shape index (κ1) is 23.7. The molecule has 0 aromatic heterocycles. The van der Waals surface area contributed by atoms with Crippen molar-refractivity contribution in [3.8, 4) is 0 Å². The number of amides is 2. The molecule has 9 heteroatoms. The number of anilines is 1. The first-order chi connectivity index (χ1) is 14.2. The molecule has 2 aromatic carbocycles. The highest BCUT2D eigenvalue weighted by molar-refractivity contribution is 7.92. The third kappa shape index (κ3) is 5.96. The second-order valence-electron chi connectivity index (χ2n) is 6.77. The van der Waals surface area contributed by atoms with Crippen LogP contribution in [0.1, 0.15) is 18.9 Å². The third-order valence-corrected chi connectivity index (χ3v) is 6.07. The zero-order chi connectivity index (χ0) is 22.3. The summed E-state index contributed by atoms with van der Waals surface area (Å²) in [5.74, 6) is -0.815. The molecule has 0 fully saturated rings. The number of benzene rings is 2. The van der Waals surface area contributed by atoms with Crippen molar-refractivity contribution in [3.63, 3.8) is 0 Å². The summed E-state index contributed by atoms with van der Waals surface area (Å²) in [5.41, 5.74) is 1.04. The fourth-order valence-electron chi connectivity index (χ4n) is 3.11. The van der Waals surface area contributed by atoms with Gasteiger partial charge in [-0.15, -0.1) is 0 Å². The van der Waals surface area contributed by atoms with E-state index in [9.17, 15) is 18.0 Å². The van der Waals surface area contributed by atoms with Gasteiger partial charge < -0.3 is 10.2 Å². The van der Waals surface area contributed by atoms with Crippen LogP contribution in [0.5, 0.6) is 0 Å². The Hall–Kier alpha value is -2.58. The van der Waals surface area contributed by atoms with E-state index in [0.717, 1.165) is 16.1 Å². The number of rotatable bonds is 9. The van der Waals surface area contributed by atoms with Gasteiger partial charge in [0.2, 0.25) is 21.8 Å². The van der Waals surface area contributed by atoms with Crippen LogP contribution in [0.25, 0.3) is 0 Å². The number of sulfonamides is 1. The van der Waals surface area contributed by atoms with E-state index >= 15 is 0 Å². The molecule has 0 spiro atoms. The molecule has 7 nitrogen and oxygen atoms in total. The molecule has 0 saturated heterocycles. The van der Waals surface area contributed by atoms with Crippen molar-refractivity contribution in [1.82, 2.24) is 10.2 Å². The van der Waals surface area contributed by atoms with E-state index in [1.807, 2.05) is 30.3 Å². The Labute approximate surface area is 182 Å². The number of carbonyl (C=O) groups is 2. The zero-order valence-electron chi connectivity index (χ0n) is 17.2. The summed E-state index contributed by atoms with van der Waals surface area (Å²) in [7, 11) is -2.30. The number of hydrogen-bond acceptors (Lipinski definition) is 4. The minimum absolute atomic E-state index is 0.172. The monoisotopic (exact) mass is 451 g/mol. The Morgan fingerprint density at radius 2 is 1.67 bits per heavy atom. The molecule has 0 heterocycles. The van der Waals surface area contributed by atoms with E-state index in [-0.39, 0.29) is 23.2 Å². The molecule has 0 aliphatic carbocycles. The van der Waals surface area contributed by atoms with Crippen molar-refractivity contribution in [2.24, 2.45) is 0 Å². The van der Waals surface area contributed by atoms with Crippen LogP contribution < -0.4 is 9.62 Å². The van der Waals surface area contributed by atoms with Crippen LogP contribution in [0, 0.1) is 0 Å². The summed E-state index contributed by atoms with van der Waals surface area (Å²) < 4.78 is 25.9. The molecule has 30 heavy (non-hydrogen) atoms. The Morgan fingerprint density at radius 3 is 2.20 bits per heavy atom. The average molecular weight is 452 g/mol. The van der Waals surface area contributed by atoms with Crippen molar-refractivity contribution < 1.29 is 18.0 Å². The van der Waals surface area contributed by atoms with E-state index < -0.39 is 28.5 Å². The molecule has 162 valence electrons. The normalized spacial score (nSPS) is 12.1. The topological polar surface area (TPSA) is 86.8 Å². The van der Waals surface area contributed by atoms with E-state index in [4.69, 9.17) is 11.6 Å². The van der Waals surface area contributed by atoms with Crippen LogP contribution in [0.2, 0.25) is 5.02 Å². The maximum Gasteiger partial charge on any atom is 0.244 e. The van der Waals surface area contributed by atoms with Gasteiger partial charge in [0.15, 0.2) is 0 Å². The largest absolute Gasteiger partial charge is 0.357 e. The lowest BCUT2D eigenvalue weighted by Gasteiger charge is -2.32. The van der Waals surface area contributed by atoms with Gasteiger partial charge in [-0.1, -0.05) is 61.0 Å². The quantitative estimate of drug-likeness (QED) is 0.635. The van der Waals surface area contributed by atoms with Crippen molar-refractivity contribution in [3.05, 3.63) is 65.2 Å². The van der Waals surface area contributed by atoms with Crippen LogP contribution in [0.3, 0.4) is 0 Å². The molecule has 0 bridgehead atoms. The Morgan fingerprint density at radius 1 is 1.07 bits per heavy atom.